The van der Waals surface area contributed by atoms with Gasteiger partial charge in [-0.15, -0.1) is 0 Å². The third kappa shape index (κ3) is 5.25. The van der Waals surface area contributed by atoms with Crippen molar-refractivity contribution in [1.82, 2.24) is 10.2 Å². The SMILES string of the molecule is CCC(CC)C(CNCC1CCCOC1)N(C)C. The fourth-order valence-electron chi connectivity index (χ4n) is 3.01. The number of likely N-dealkylation sites (N-methyl/N-ethyl adjacent to an activating group) is 1. The fourth-order valence-corrected chi connectivity index (χ4v) is 3.01. The van der Waals surface area contributed by atoms with Crippen molar-refractivity contribution in [2.24, 2.45) is 11.8 Å². The molecule has 1 fully saturated rings. The molecule has 2 atom stereocenters. The summed E-state index contributed by atoms with van der Waals surface area (Å²) in [5.41, 5.74) is 0. The summed E-state index contributed by atoms with van der Waals surface area (Å²) in [7, 11) is 4.41. The van der Waals surface area contributed by atoms with Gasteiger partial charge in [-0.3, -0.25) is 0 Å². The highest BCUT2D eigenvalue weighted by Gasteiger charge is 2.21. The Kier molecular flexibility index (Phi) is 7.87. The molecule has 108 valence electrons. The molecular weight excluding hydrogens is 224 g/mol. The summed E-state index contributed by atoms with van der Waals surface area (Å²) in [6.45, 7) is 8.74. The molecule has 2 unspecified atom stereocenters. The average molecular weight is 256 g/mol. The first-order valence-electron chi connectivity index (χ1n) is 7.63. The Morgan fingerprint density at radius 1 is 1.28 bits per heavy atom. The van der Waals surface area contributed by atoms with Crippen LogP contribution in [0.2, 0.25) is 0 Å². The Morgan fingerprint density at radius 3 is 2.50 bits per heavy atom. The molecular formula is C15H32N2O. The third-order valence-corrected chi connectivity index (χ3v) is 4.30. The lowest BCUT2D eigenvalue weighted by Gasteiger charge is -2.32. The second-order valence-corrected chi connectivity index (χ2v) is 5.85. The molecule has 0 saturated carbocycles. The van der Waals surface area contributed by atoms with Gasteiger partial charge in [-0.25, -0.2) is 0 Å². The Labute approximate surface area is 113 Å². The van der Waals surface area contributed by atoms with Crippen LogP contribution in [0.1, 0.15) is 39.5 Å². The molecule has 0 aromatic rings. The smallest absolute Gasteiger partial charge is 0.0506 e. The van der Waals surface area contributed by atoms with Crippen LogP contribution in [-0.2, 0) is 4.74 Å². The Balaban J connectivity index is 2.28. The predicted octanol–water partition coefficient (Wildman–Crippen LogP) is 2.37. The van der Waals surface area contributed by atoms with Crippen LogP contribution >= 0.6 is 0 Å². The summed E-state index contributed by atoms with van der Waals surface area (Å²) in [6, 6.07) is 0.657. The van der Waals surface area contributed by atoms with Crippen LogP contribution in [0.25, 0.3) is 0 Å². The van der Waals surface area contributed by atoms with E-state index in [-0.39, 0.29) is 0 Å². The van der Waals surface area contributed by atoms with Crippen molar-refractivity contribution in [3.63, 3.8) is 0 Å². The van der Waals surface area contributed by atoms with Crippen LogP contribution in [0, 0.1) is 11.8 Å². The molecule has 1 heterocycles. The van der Waals surface area contributed by atoms with E-state index >= 15 is 0 Å². The van der Waals surface area contributed by atoms with Crippen molar-refractivity contribution < 1.29 is 4.74 Å². The van der Waals surface area contributed by atoms with Gasteiger partial charge in [0.1, 0.15) is 0 Å². The molecule has 1 aliphatic rings. The van der Waals surface area contributed by atoms with Crippen molar-refractivity contribution in [3.05, 3.63) is 0 Å². The highest BCUT2D eigenvalue weighted by molar-refractivity contribution is 4.78. The summed E-state index contributed by atoms with van der Waals surface area (Å²) in [4.78, 5) is 2.38. The van der Waals surface area contributed by atoms with Crippen molar-refractivity contribution in [3.8, 4) is 0 Å². The summed E-state index contributed by atoms with van der Waals surface area (Å²) < 4.78 is 5.53. The van der Waals surface area contributed by atoms with Gasteiger partial charge in [0.2, 0.25) is 0 Å². The van der Waals surface area contributed by atoms with E-state index in [4.69, 9.17) is 4.74 Å². The molecule has 0 amide bonds. The highest BCUT2D eigenvalue weighted by atomic mass is 16.5. The molecule has 3 nitrogen and oxygen atoms in total. The van der Waals surface area contributed by atoms with Gasteiger partial charge >= 0.3 is 0 Å². The molecule has 0 aromatic heterocycles. The van der Waals surface area contributed by atoms with Crippen molar-refractivity contribution in [1.29, 1.82) is 0 Å². The molecule has 1 saturated heterocycles. The minimum absolute atomic E-state index is 0.657. The first-order valence-corrected chi connectivity index (χ1v) is 7.63. The minimum Gasteiger partial charge on any atom is -0.381 e. The lowest BCUT2D eigenvalue weighted by Crippen LogP contribution is -2.44. The third-order valence-electron chi connectivity index (χ3n) is 4.30. The Morgan fingerprint density at radius 2 is 2.00 bits per heavy atom. The van der Waals surface area contributed by atoms with Crippen LogP contribution in [0.5, 0.6) is 0 Å². The maximum atomic E-state index is 5.53. The van der Waals surface area contributed by atoms with Gasteiger partial charge in [0.15, 0.2) is 0 Å². The van der Waals surface area contributed by atoms with Gasteiger partial charge in [-0.1, -0.05) is 26.7 Å². The first-order chi connectivity index (χ1) is 8.69. The summed E-state index contributed by atoms with van der Waals surface area (Å²) in [5.74, 6) is 1.53. The number of nitrogens with one attached hydrogen (secondary N) is 1. The summed E-state index contributed by atoms with van der Waals surface area (Å²) in [6.07, 6.45) is 5.10. The van der Waals surface area contributed by atoms with E-state index in [9.17, 15) is 0 Å². The minimum atomic E-state index is 0.657. The Bertz CT molecular complexity index is 199. The van der Waals surface area contributed by atoms with Gasteiger partial charge < -0.3 is 15.0 Å². The molecule has 0 aromatic carbocycles. The largest absolute Gasteiger partial charge is 0.381 e. The number of hydrogen-bond acceptors (Lipinski definition) is 3. The monoisotopic (exact) mass is 256 g/mol. The second-order valence-electron chi connectivity index (χ2n) is 5.85. The highest BCUT2D eigenvalue weighted by Crippen LogP contribution is 2.17. The van der Waals surface area contributed by atoms with Crippen LogP contribution in [0.3, 0.4) is 0 Å². The molecule has 1 rings (SSSR count). The predicted molar refractivity (Wildman–Crippen MR) is 78.0 cm³/mol. The fraction of sp³-hybridized carbons (Fsp3) is 1.00. The molecule has 3 heteroatoms. The van der Waals surface area contributed by atoms with Gasteiger partial charge in [-0.2, -0.15) is 0 Å². The van der Waals surface area contributed by atoms with E-state index in [2.05, 4.69) is 38.2 Å². The normalized spacial score (nSPS) is 22.7. The Hall–Kier alpha value is -0.120. The zero-order chi connectivity index (χ0) is 13.4. The maximum Gasteiger partial charge on any atom is 0.0506 e. The summed E-state index contributed by atoms with van der Waals surface area (Å²) in [5, 5.41) is 3.66. The van der Waals surface area contributed by atoms with E-state index in [1.165, 1.54) is 25.7 Å². The van der Waals surface area contributed by atoms with E-state index in [0.717, 1.165) is 38.1 Å². The van der Waals surface area contributed by atoms with Crippen LogP contribution < -0.4 is 5.32 Å². The van der Waals surface area contributed by atoms with Gasteiger partial charge in [-0.05, 0) is 38.8 Å². The lowest BCUT2D eigenvalue weighted by atomic mass is 9.93. The van der Waals surface area contributed by atoms with E-state index in [1.54, 1.807) is 0 Å². The average Bonchev–Trinajstić information content (AvgIpc) is 2.39. The number of rotatable bonds is 8. The summed E-state index contributed by atoms with van der Waals surface area (Å²) >= 11 is 0. The van der Waals surface area contributed by atoms with E-state index < -0.39 is 0 Å². The lowest BCUT2D eigenvalue weighted by molar-refractivity contribution is 0.0537. The maximum absolute atomic E-state index is 5.53. The van der Waals surface area contributed by atoms with Crippen LogP contribution in [0.4, 0.5) is 0 Å². The van der Waals surface area contributed by atoms with Crippen molar-refractivity contribution >= 4 is 0 Å². The number of hydrogen-bond donors (Lipinski definition) is 1. The van der Waals surface area contributed by atoms with Gasteiger partial charge in [0.05, 0.1) is 6.61 Å². The zero-order valence-corrected chi connectivity index (χ0v) is 12.7. The number of nitrogens with zero attached hydrogens (tertiary/aromatic N) is 1. The zero-order valence-electron chi connectivity index (χ0n) is 12.7. The van der Waals surface area contributed by atoms with Crippen molar-refractivity contribution in [2.75, 3.05) is 40.4 Å². The van der Waals surface area contributed by atoms with Gasteiger partial charge in [0, 0.05) is 25.7 Å². The topological polar surface area (TPSA) is 24.5 Å². The quantitative estimate of drug-likeness (QED) is 0.721. The molecule has 1 aliphatic heterocycles. The van der Waals surface area contributed by atoms with Crippen LogP contribution in [0.15, 0.2) is 0 Å². The molecule has 0 aliphatic carbocycles. The standard InChI is InChI=1S/C15H32N2O/c1-5-14(6-2)15(17(3)4)11-16-10-13-8-7-9-18-12-13/h13-16H,5-12H2,1-4H3. The molecule has 18 heavy (non-hydrogen) atoms. The first kappa shape index (κ1) is 15.9. The van der Waals surface area contributed by atoms with E-state index in [1.807, 2.05) is 0 Å². The van der Waals surface area contributed by atoms with Crippen molar-refractivity contribution in [2.45, 2.75) is 45.6 Å². The number of ether oxygens (including phenoxy) is 1. The second kappa shape index (κ2) is 8.89. The van der Waals surface area contributed by atoms with Crippen LogP contribution in [-0.4, -0.2) is 51.3 Å². The molecule has 0 radical (unpaired) electrons. The molecule has 0 bridgehead atoms. The van der Waals surface area contributed by atoms with Gasteiger partial charge in [0.25, 0.3) is 0 Å². The molecule has 1 N–H and O–H groups in total. The van der Waals surface area contributed by atoms with E-state index in [0.29, 0.717) is 6.04 Å². The molecule has 0 spiro atoms.